The van der Waals surface area contributed by atoms with Gasteiger partial charge in [0, 0.05) is 21.2 Å². The third-order valence-electron chi connectivity index (χ3n) is 6.01. The SMILES string of the molecule is Brc1ccccc1-c1nc(-c2ccc(-c3ccccc3)cc2)nc(-c2ccc3ccccc3c2)n1. The first-order valence-corrected chi connectivity index (χ1v) is 12.2. The maximum absolute atomic E-state index is 4.90. The number of fused-ring (bicyclic) bond motifs is 1. The van der Waals surface area contributed by atoms with Crippen molar-refractivity contribution in [3.8, 4) is 45.3 Å². The van der Waals surface area contributed by atoms with E-state index in [-0.39, 0.29) is 0 Å². The van der Waals surface area contributed by atoms with Crippen LogP contribution in [0, 0.1) is 0 Å². The molecule has 35 heavy (non-hydrogen) atoms. The Morgan fingerprint density at radius 3 is 1.71 bits per heavy atom. The third kappa shape index (κ3) is 4.36. The molecule has 0 aliphatic heterocycles. The van der Waals surface area contributed by atoms with Crippen molar-refractivity contribution in [3.63, 3.8) is 0 Å². The molecule has 6 rings (SSSR count). The van der Waals surface area contributed by atoms with Gasteiger partial charge in [-0.25, -0.2) is 15.0 Å². The highest BCUT2D eigenvalue weighted by atomic mass is 79.9. The minimum absolute atomic E-state index is 0.637. The molecule has 0 saturated heterocycles. The molecule has 0 atom stereocenters. The van der Waals surface area contributed by atoms with E-state index in [2.05, 4.69) is 94.8 Å². The van der Waals surface area contributed by atoms with Gasteiger partial charge in [-0.1, -0.05) is 125 Å². The summed E-state index contributed by atoms with van der Waals surface area (Å²) in [6, 6.07) is 41.4. The van der Waals surface area contributed by atoms with Gasteiger partial charge in [-0.3, -0.25) is 0 Å². The monoisotopic (exact) mass is 513 g/mol. The van der Waals surface area contributed by atoms with E-state index in [0.29, 0.717) is 17.5 Å². The van der Waals surface area contributed by atoms with E-state index in [1.165, 1.54) is 10.9 Å². The van der Waals surface area contributed by atoms with Crippen LogP contribution in [0.4, 0.5) is 0 Å². The summed E-state index contributed by atoms with van der Waals surface area (Å²) in [5, 5.41) is 2.34. The second-order valence-electron chi connectivity index (χ2n) is 8.29. The Morgan fingerprint density at radius 2 is 0.943 bits per heavy atom. The van der Waals surface area contributed by atoms with Crippen LogP contribution in [0.15, 0.2) is 126 Å². The van der Waals surface area contributed by atoms with E-state index in [1.54, 1.807) is 0 Å². The minimum Gasteiger partial charge on any atom is -0.208 e. The first kappa shape index (κ1) is 21.4. The first-order valence-electron chi connectivity index (χ1n) is 11.4. The highest BCUT2D eigenvalue weighted by Crippen LogP contribution is 2.31. The molecule has 6 aromatic rings. The van der Waals surface area contributed by atoms with Crippen LogP contribution in [0.1, 0.15) is 0 Å². The molecule has 0 aliphatic rings. The van der Waals surface area contributed by atoms with Gasteiger partial charge in [0.1, 0.15) is 0 Å². The summed E-state index contributed by atoms with van der Waals surface area (Å²) in [7, 11) is 0. The fourth-order valence-corrected chi connectivity index (χ4v) is 4.63. The zero-order valence-corrected chi connectivity index (χ0v) is 20.4. The van der Waals surface area contributed by atoms with Crippen molar-refractivity contribution in [2.45, 2.75) is 0 Å². The van der Waals surface area contributed by atoms with Crippen LogP contribution in [0.5, 0.6) is 0 Å². The van der Waals surface area contributed by atoms with Crippen LogP contribution in [-0.2, 0) is 0 Å². The maximum atomic E-state index is 4.90. The largest absolute Gasteiger partial charge is 0.208 e. The number of hydrogen-bond acceptors (Lipinski definition) is 3. The van der Waals surface area contributed by atoms with Crippen LogP contribution in [0.3, 0.4) is 0 Å². The van der Waals surface area contributed by atoms with Crippen molar-refractivity contribution in [3.05, 3.63) is 126 Å². The summed E-state index contributed by atoms with van der Waals surface area (Å²) in [5.74, 6) is 1.94. The number of benzene rings is 5. The van der Waals surface area contributed by atoms with Crippen LogP contribution in [0.2, 0.25) is 0 Å². The quantitative estimate of drug-likeness (QED) is 0.237. The van der Waals surface area contributed by atoms with Gasteiger partial charge in [0.25, 0.3) is 0 Å². The molecule has 0 bridgehead atoms. The number of nitrogens with zero attached hydrogens (tertiary/aromatic N) is 3. The second-order valence-corrected chi connectivity index (χ2v) is 9.15. The summed E-state index contributed by atoms with van der Waals surface area (Å²) in [5.41, 5.74) is 5.17. The van der Waals surface area contributed by atoms with Gasteiger partial charge in [-0.15, -0.1) is 0 Å². The minimum atomic E-state index is 0.637. The molecular formula is C31H20BrN3. The van der Waals surface area contributed by atoms with Crippen molar-refractivity contribution >= 4 is 26.7 Å². The lowest BCUT2D eigenvalue weighted by Crippen LogP contribution is -2.00. The van der Waals surface area contributed by atoms with E-state index in [9.17, 15) is 0 Å². The molecule has 166 valence electrons. The Kier molecular flexibility index (Phi) is 5.65. The van der Waals surface area contributed by atoms with Gasteiger partial charge >= 0.3 is 0 Å². The van der Waals surface area contributed by atoms with Gasteiger partial charge in [0.15, 0.2) is 17.5 Å². The second kappa shape index (κ2) is 9.24. The molecular weight excluding hydrogens is 494 g/mol. The third-order valence-corrected chi connectivity index (χ3v) is 6.70. The van der Waals surface area contributed by atoms with Crippen LogP contribution in [-0.4, -0.2) is 15.0 Å². The highest BCUT2D eigenvalue weighted by molar-refractivity contribution is 9.10. The Hall–Kier alpha value is -4.15. The predicted octanol–water partition coefficient (Wildman–Crippen LogP) is 8.46. The lowest BCUT2D eigenvalue weighted by molar-refractivity contribution is 1.07. The molecule has 1 heterocycles. The molecule has 1 aromatic heterocycles. The molecule has 4 heteroatoms. The van der Waals surface area contributed by atoms with Gasteiger partial charge in [-0.2, -0.15) is 0 Å². The average molecular weight is 514 g/mol. The number of aromatic nitrogens is 3. The zero-order chi connectivity index (χ0) is 23.6. The standard InChI is InChI=1S/C31H20BrN3/c32-28-13-7-6-12-27(28)31-34-29(24-17-14-23(15-18-24)21-8-2-1-3-9-21)33-30(35-31)26-19-16-22-10-4-5-11-25(22)20-26/h1-20H. The molecule has 3 nitrogen and oxygen atoms in total. The maximum Gasteiger partial charge on any atom is 0.165 e. The van der Waals surface area contributed by atoms with Gasteiger partial charge in [0.2, 0.25) is 0 Å². The number of hydrogen-bond donors (Lipinski definition) is 0. The van der Waals surface area contributed by atoms with E-state index in [1.807, 2.05) is 42.5 Å². The summed E-state index contributed by atoms with van der Waals surface area (Å²) in [4.78, 5) is 14.7. The summed E-state index contributed by atoms with van der Waals surface area (Å²) < 4.78 is 0.945. The van der Waals surface area contributed by atoms with Gasteiger partial charge in [0.05, 0.1) is 0 Å². The van der Waals surface area contributed by atoms with Crippen molar-refractivity contribution < 1.29 is 0 Å². The molecule has 0 aliphatic carbocycles. The Morgan fingerprint density at radius 1 is 0.400 bits per heavy atom. The van der Waals surface area contributed by atoms with Crippen LogP contribution in [0.25, 0.3) is 56.1 Å². The molecule has 0 unspecified atom stereocenters. The first-order chi connectivity index (χ1) is 17.2. The molecule has 5 aromatic carbocycles. The molecule has 0 spiro atoms. The topological polar surface area (TPSA) is 38.7 Å². The van der Waals surface area contributed by atoms with Crippen LogP contribution >= 0.6 is 15.9 Å². The molecule has 0 fully saturated rings. The summed E-state index contributed by atoms with van der Waals surface area (Å²) in [6.07, 6.45) is 0. The number of rotatable bonds is 4. The van der Waals surface area contributed by atoms with E-state index in [0.717, 1.165) is 32.1 Å². The highest BCUT2D eigenvalue weighted by Gasteiger charge is 2.14. The average Bonchev–Trinajstić information content (AvgIpc) is 2.93. The predicted molar refractivity (Wildman–Crippen MR) is 147 cm³/mol. The smallest absolute Gasteiger partial charge is 0.165 e. The lowest BCUT2D eigenvalue weighted by Gasteiger charge is -2.10. The zero-order valence-electron chi connectivity index (χ0n) is 18.8. The molecule has 0 N–H and O–H groups in total. The van der Waals surface area contributed by atoms with Gasteiger partial charge in [-0.05, 0) is 34.0 Å². The Balaban J connectivity index is 1.49. The van der Waals surface area contributed by atoms with Crippen molar-refractivity contribution in [1.29, 1.82) is 0 Å². The number of halogens is 1. The molecule has 0 radical (unpaired) electrons. The van der Waals surface area contributed by atoms with E-state index >= 15 is 0 Å². The normalized spacial score (nSPS) is 11.0. The van der Waals surface area contributed by atoms with Crippen molar-refractivity contribution in [2.75, 3.05) is 0 Å². The van der Waals surface area contributed by atoms with E-state index < -0.39 is 0 Å². The molecule has 0 amide bonds. The van der Waals surface area contributed by atoms with E-state index in [4.69, 9.17) is 15.0 Å². The lowest BCUT2D eigenvalue weighted by atomic mass is 10.0. The van der Waals surface area contributed by atoms with Crippen molar-refractivity contribution in [2.24, 2.45) is 0 Å². The Labute approximate surface area is 212 Å². The summed E-state index contributed by atoms with van der Waals surface area (Å²) in [6.45, 7) is 0. The fourth-order valence-electron chi connectivity index (χ4n) is 4.17. The molecule has 0 saturated carbocycles. The van der Waals surface area contributed by atoms with Gasteiger partial charge < -0.3 is 0 Å². The van der Waals surface area contributed by atoms with Crippen molar-refractivity contribution in [1.82, 2.24) is 15.0 Å². The summed E-state index contributed by atoms with van der Waals surface area (Å²) >= 11 is 3.66. The fraction of sp³-hybridized carbons (Fsp3) is 0. The van der Waals surface area contributed by atoms with Crippen LogP contribution < -0.4 is 0 Å². The Bertz CT molecular complexity index is 1640.